The van der Waals surface area contributed by atoms with Crippen LogP contribution in [0.1, 0.15) is 30.1 Å². The smallest absolute Gasteiger partial charge is 0.191 e. The van der Waals surface area contributed by atoms with E-state index in [0.29, 0.717) is 13.1 Å². The van der Waals surface area contributed by atoms with Crippen molar-refractivity contribution in [1.82, 2.24) is 10.6 Å². The Hall–Kier alpha value is -2.53. The van der Waals surface area contributed by atoms with Crippen molar-refractivity contribution in [1.29, 1.82) is 0 Å². The van der Waals surface area contributed by atoms with Crippen LogP contribution < -0.4 is 15.4 Å². The van der Waals surface area contributed by atoms with Gasteiger partial charge in [-0.3, -0.25) is 4.99 Å². The highest BCUT2D eigenvalue weighted by atomic mass is 16.5. The van der Waals surface area contributed by atoms with Gasteiger partial charge in [-0.05, 0) is 30.4 Å². The molecule has 1 aliphatic rings. The van der Waals surface area contributed by atoms with E-state index in [0.717, 1.165) is 35.4 Å². The molecule has 2 aromatic rings. The molecule has 5 heteroatoms. The Balaban J connectivity index is 1.51. The molecule has 5 nitrogen and oxygen atoms in total. The molecule has 27 heavy (non-hydrogen) atoms. The highest BCUT2D eigenvalue weighted by Crippen LogP contribution is 2.30. The average Bonchev–Trinajstić information content (AvgIpc) is 3.55. The molecule has 2 aromatic carbocycles. The summed E-state index contributed by atoms with van der Waals surface area (Å²) in [6.07, 6.45) is 2.55. The zero-order valence-electron chi connectivity index (χ0n) is 16.2. The van der Waals surface area contributed by atoms with Crippen LogP contribution in [0.3, 0.4) is 0 Å². The number of para-hydroxylation sites is 1. The molecule has 0 aromatic heterocycles. The van der Waals surface area contributed by atoms with E-state index in [1.165, 1.54) is 12.8 Å². The molecule has 0 aliphatic heterocycles. The topological polar surface area (TPSA) is 54.9 Å². The second kappa shape index (κ2) is 9.97. The van der Waals surface area contributed by atoms with Gasteiger partial charge in [0.25, 0.3) is 0 Å². The molecule has 0 spiro atoms. The lowest BCUT2D eigenvalue weighted by molar-refractivity contribution is 0.106. The number of nitrogens with zero attached hydrogens (tertiary/aromatic N) is 1. The summed E-state index contributed by atoms with van der Waals surface area (Å²) in [7, 11) is 3.50. The minimum Gasteiger partial charge on any atom is -0.493 e. The predicted octanol–water partition coefficient (Wildman–Crippen LogP) is 3.53. The lowest BCUT2D eigenvalue weighted by Crippen LogP contribution is -2.39. The normalized spacial score (nSPS) is 15.3. The average molecular weight is 367 g/mol. The Morgan fingerprint density at radius 3 is 2.52 bits per heavy atom. The molecule has 0 bridgehead atoms. The highest BCUT2D eigenvalue weighted by molar-refractivity contribution is 5.79. The maximum absolute atomic E-state index is 5.98. The zero-order valence-corrected chi connectivity index (χ0v) is 16.2. The minimum atomic E-state index is -0.0288. The van der Waals surface area contributed by atoms with Gasteiger partial charge < -0.3 is 20.1 Å². The Bertz CT molecular complexity index is 729. The van der Waals surface area contributed by atoms with Crippen LogP contribution in [0.4, 0.5) is 0 Å². The van der Waals surface area contributed by atoms with Crippen molar-refractivity contribution in [3.8, 4) is 5.75 Å². The molecule has 0 radical (unpaired) electrons. The number of hydrogen-bond acceptors (Lipinski definition) is 3. The lowest BCUT2D eigenvalue weighted by Gasteiger charge is -2.19. The van der Waals surface area contributed by atoms with E-state index in [4.69, 9.17) is 9.47 Å². The fourth-order valence-electron chi connectivity index (χ4n) is 2.88. The molecule has 1 fully saturated rings. The standard InChI is InChI=1S/C22H29N3O2/c1-23-22(25-15-21(26-2)18-8-4-3-5-9-18)24-14-19-10-6-7-11-20(19)27-16-17-12-13-17/h3-11,17,21H,12-16H2,1-2H3,(H2,23,24,25). The number of methoxy groups -OCH3 is 1. The van der Waals surface area contributed by atoms with Crippen molar-refractivity contribution < 1.29 is 9.47 Å². The first-order chi connectivity index (χ1) is 13.3. The largest absolute Gasteiger partial charge is 0.493 e. The van der Waals surface area contributed by atoms with E-state index in [1.807, 2.05) is 36.4 Å². The van der Waals surface area contributed by atoms with Crippen molar-refractivity contribution in [2.45, 2.75) is 25.5 Å². The molecule has 3 rings (SSSR count). The second-order valence-corrected chi connectivity index (χ2v) is 6.80. The van der Waals surface area contributed by atoms with Crippen molar-refractivity contribution in [2.24, 2.45) is 10.9 Å². The van der Waals surface area contributed by atoms with E-state index in [2.05, 4.69) is 33.8 Å². The predicted molar refractivity (Wildman–Crippen MR) is 109 cm³/mol. The molecule has 1 saturated carbocycles. The summed E-state index contributed by atoms with van der Waals surface area (Å²) in [6.45, 7) is 2.11. The Morgan fingerprint density at radius 2 is 1.81 bits per heavy atom. The van der Waals surface area contributed by atoms with Gasteiger partial charge in [0.05, 0.1) is 12.7 Å². The number of guanidine groups is 1. The summed E-state index contributed by atoms with van der Waals surface area (Å²) in [5, 5.41) is 6.71. The zero-order chi connectivity index (χ0) is 18.9. The third-order valence-electron chi connectivity index (χ3n) is 4.72. The van der Waals surface area contributed by atoms with Crippen molar-refractivity contribution in [3.05, 3.63) is 65.7 Å². The van der Waals surface area contributed by atoms with Crippen LogP contribution in [0, 0.1) is 5.92 Å². The van der Waals surface area contributed by atoms with E-state index in [1.54, 1.807) is 14.2 Å². The fraction of sp³-hybridized carbons (Fsp3) is 0.409. The molecule has 0 amide bonds. The number of benzene rings is 2. The SMILES string of the molecule is CN=C(NCc1ccccc1OCC1CC1)NCC(OC)c1ccccc1. The number of ether oxygens (including phenoxy) is 2. The van der Waals surface area contributed by atoms with Crippen LogP contribution in [0.15, 0.2) is 59.6 Å². The monoisotopic (exact) mass is 367 g/mol. The van der Waals surface area contributed by atoms with E-state index in [-0.39, 0.29) is 6.10 Å². The van der Waals surface area contributed by atoms with Crippen molar-refractivity contribution in [2.75, 3.05) is 27.3 Å². The van der Waals surface area contributed by atoms with Gasteiger partial charge in [0.2, 0.25) is 0 Å². The molecular weight excluding hydrogens is 338 g/mol. The van der Waals surface area contributed by atoms with Gasteiger partial charge in [-0.15, -0.1) is 0 Å². The maximum Gasteiger partial charge on any atom is 0.191 e. The van der Waals surface area contributed by atoms with E-state index in [9.17, 15) is 0 Å². The van der Waals surface area contributed by atoms with Crippen LogP contribution in [-0.4, -0.2) is 33.3 Å². The van der Waals surface area contributed by atoms with Crippen LogP contribution in [0.25, 0.3) is 0 Å². The van der Waals surface area contributed by atoms with Gasteiger partial charge >= 0.3 is 0 Å². The van der Waals surface area contributed by atoms with E-state index < -0.39 is 0 Å². The maximum atomic E-state index is 5.98. The molecule has 2 N–H and O–H groups in total. The van der Waals surface area contributed by atoms with Gasteiger partial charge in [0, 0.05) is 32.8 Å². The van der Waals surface area contributed by atoms with Crippen LogP contribution in [0.5, 0.6) is 5.75 Å². The Labute approximate surface area is 161 Å². The molecule has 1 aliphatic carbocycles. The summed E-state index contributed by atoms with van der Waals surface area (Å²) in [6, 6.07) is 18.4. The minimum absolute atomic E-state index is 0.0288. The number of nitrogens with one attached hydrogen (secondary N) is 2. The third-order valence-corrected chi connectivity index (χ3v) is 4.72. The van der Waals surface area contributed by atoms with Gasteiger partial charge in [-0.25, -0.2) is 0 Å². The van der Waals surface area contributed by atoms with Crippen LogP contribution in [0.2, 0.25) is 0 Å². The quantitative estimate of drug-likeness (QED) is 0.526. The van der Waals surface area contributed by atoms with Gasteiger partial charge in [-0.2, -0.15) is 0 Å². The first-order valence-electron chi connectivity index (χ1n) is 9.53. The van der Waals surface area contributed by atoms with Crippen molar-refractivity contribution in [3.63, 3.8) is 0 Å². The van der Waals surface area contributed by atoms with Crippen molar-refractivity contribution >= 4 is 5.96 Å². The molecule has 144 valence electrons. The van der Waals surface area contributed by atoms with Crippen LogP contribution in [-0.2, 0) is 11.3 Å². The van der Waals surface area contributed by atoms with Gasteiger partial charge in [0.15, 0.2) is 5.96 Å². The molecule has 0 saturated heterocycles. The summed E-state index contributed by atoms with van der Waals surface area (Å²) >= 11 is 0. The van der Waals surface area contributed by atoms with E-state index >= 15 is 0 Å². The Kier molecular flexibility index (Phi) is 7.11. The molecule has 1 atom stereocenters. The molecule has 0 heterocycles. The Morgan fingerprint density at radius 1 is 1.07 bits per heavy atom. The van der Waals surface area contributed by atoms with Gasteiger partial charge in [0.1, 0.15) is 5.75 Å². The number of aliphatic imine (C=N–C) groups is 1. The first-order valence-corrected chi connectivity index (χ1v) is 9.53. The molecule has 1 unspecified atom stereocenters. The number of hydrogen-bond donors (Lipinski definition) is 2. The second-order valence-electron chi connectivity index (χ2n) is 6.80. The summed E-state index contributed by atoms with van der Waals surface area (Å²) in [5.74, 6) is 2.43. The van der Waals surface area contributed by atoms with Gasteiger partial charge in [-0.1, -0.05) is 48.5 Å². The first kappa shape index (κ1) is 19.2. The summed E-state index contributed by atoms with van der Waals surface area (Å²) in [4.78, 5) is 4.31. The highest BCUT2D eigenvalue weighted by Gasteiger charge is 2.22. The third kappa shape index (κ3) is 6.00. The van der Waals surface area contributed by atoms with Crippen LogP contribution >= 0.6 is 0 Å². The number of rotatable bonds is 9. The summed E-state index contributed by atoms with van der Waals surface area (Å²) in [5.41, 5.74) is 2.27. The fourth-order valence-corrected chi connectivity index (χ4v) is 2.88. The summed E-state index contributed by atoms with van der Waals surface area (Å²) < 4.78 is 11.6. The molecular formula is C22H29N3O2. The lowest BCUT2D eigenvalue weighted by atomic mass is 10.1.